The molecule has 0 saturated carbocycles. The van der Waals surface area contributed by atoms with Gasteiger partial charge >= 0.3 is 0 Å². The van der Waals surface area contributed by atoms with E-state index >= 15 is 0 Å². The molecule has 0 amide bonds. The van der Waals surface area contributed by atoms with Crippen molar-refractivity contribution in [3.05, 3.63) is 23.1 Å². The van der Waals surface area contributed by atoms with Crippen molar-refractivity contribution < 1.29 is 23.8 Å². The van der Waals surface area contributed by atoms with Crippen molar-refractivity contribution in [2.75, 3.05) is 6.61 Å². The minimum atomic E-state index is -1.96. The summed E-state index contributed by atoms with van der Waals surface area (Å²) in [5.74, 6) is -0.756. The number of hydrogen-bond acceptors (Lipinski definition) is 7. The van der Waals surface area contributed by atoms with Gasteiger partial charge in [0.2, 0.25) is 0 Å². The fraction of sp³-hybridized carbons (Fsp3) is 0.789. The third-order valence-electron chi connectivity index (χ3n) is 5.91. The van der Waals surface area contributed by atoms with E-state index in [2.05, 4.69) is 38.8 Å². The highest BCUT2D eigenvalue weighted by Crippen LogP contribution is 2.45. The van der Waals surface area contributed by atoms with E-state index in [9.17, 15) is 5.21 Å². The van der Waals surface area contributed by atoms with E-state index in [-0.39, 0.29) is 22.7 Å². The maximum Gasteiger partial charge on any atom is 0.192 e. The highest BCUT2D eigenvalue weighted by atomic mass is 28.4. The minimum Gasteiger partial charge on any atom is -0.427 e. The molecule has 0 bridgehead atoms. The third kappa shape index (κ3) is 3.91. The lowest BCUT2D eigenvalue weighted by atomic mass is 10.1. The molecular weight excluding hydrogens is 378 g/mol. The second-order valence-electron chi connectivity index (χ2n) is 9.69. The Morgan fingerprint density at radius 1 is 1.29 bits per heavy atom. The van der Waals surface area contributed by atoms with E-state index in [4.69, 9.17) is 24.0 Å². The third-order valence-corrected chi connectivity index (χ3v) is 10.4. The molecular formula is C19H33N3O5Si. The number of aryl methyl sites for hydroxylation is 1. The van der Waals surface area contributed by atoms with Gasteiger partial charge in [0.25, 0.3) is 0 Å². The predicted molar refractivity (Wildman–Crippen MR) is 105 cm³/mol. The molecule has 2 aliphatic heterocycles. The maximum atomic E-state index is 9.99. The van der Waals surface area contributed by atoms with Crippen LogP contribution in [0.2, 0.25) is 18.1 Å². The summed E-state index contributed by atoms with van der Waals surface area (Å²) in [5.41, 5.74) is 0.815. The van der Waals surface area contributed by atoms with Crippen LogP contribution in [0.4, 0.5) is 0 Å². The van der Waals surface area contributed by atoms with Crippen molar-refractivity contribution in [1.29, 1.82) is 5.41 Å². The first-order chi connectivity index (χ1) is 12.7. The van der Waals surface area contributed by atoms with Gasteiger partial charge in [-0.3, -0.25) is 5.41 Å². The van der Waals surface area contributed by atoms with Crippen molar-refractivity contribution in [2.24, 2.45) is 0 Å². The van der Waals surface area contributed by atoms with Crippen molar-refractivity contribution >= 4 is 8.32 Å². The van der Waals surface area contributed by atoms with E-state index in [1.165, 1.54) is 6.20 Å². The molecule has 0 unspecified atom stereocenters. The van der Waals surface area contributed by atoms with Crippen LogP contribution in [0, 0.1) is 12.3 Å². The number of nitrogens with one attached hydrogen (secondary N) is 1. The Kier molecular flexibility index (Phi) is 5.29. The monoisotopic (exact) mass is 411 g/mol. The molecule has 8 nitrogen and oxygen atoms in total. The van der Waals surface area contributed by atoms with Gasteiger partial charge in [0.15, 0.2) is 19.6 Å². The summed E-state index contributed by atoms with van der Waals surface area (Å²) in [6, 6.07) is 0. The molecule has 3 rings (SSSR count). The summed E-state index contributed by atoms with van der Waals surface area (Å²) in [7, 11) is -1.96. The lowest BCUT2D eigenvalue weighted by Gasteiger charge is -2.37. The molecule has 1 aromatic heterocycles. The van der Waals surface area contributed by atoms with Crippen LogP contribution in [0.1, 0.15) is 52.1 Å². The predicted octanol–water partition coefficient (Wildman–Crippen LogP) is 2.89. The zero-order valence-electron chi connectivity index (χ0n) is 18.1. The Hall–Kier alpha value is -1.26. The van der Waals surface area contributed by atoms with E-state index < -0.39 is 26.3 Å². The molecule has 2 aliphatic rings. The molecule has 2 N–H and O–H groups in total. The fourth-order valence-corrected chi connectivity index (χ4v) is 4.39. The van der Waals surface area contributed by atoms with Gasteiger partial charge in [-0.15, -0.1) is 0 Å². The van der Waals surface area contributed by atoms with Gasteiger partial charge in [-0.1, -0.05) is 20.8 Å². The van der Waals surface area contributed by atoms with E-state index in [0.29, 0.717) is 18.0 Å². The zero-order valence-corrected chi connectivity index (χ0v) is 19.1. The summed E-state index contributed by atoms with van der Waals surface area (Å²) < 4.78 is 25.6. The van der Waals surface area contributed by atoms with Gasteiger partial charge < -0.3 is 23.8 Å². The quantitative estimate of drug-likeness (QED) is 0.584. The molecule has 28 heavy (non-hydrogen) atoms. The van der Waals surface area contributed by atoms with Crippen molar-refractivity contribution in [2.45, 2.75) is 89.9 Å². The number of nitrogens with zero attached hydrogens (tertiary/aromatic N) is 2. The van der Waals surface area contributed by atoms with Crippen molar-refractivity contribution in [1.82, 2.24) is 9.71 Å². The molecule has 2 fully saturated rings. The summed E-state index contributed by atoms with van der Waals surface area (Å²) in [4.78, 5) is 4.45. The largest absolute Gasteiger partial charge is 0.427 e. The number of aromatic nitrogens is 2. The van der Waals surface area contributed by atoms with Gasteiger partial charge in [-0.2, -0.15) is 4.73 Å². The van der Waals surface area contributed by atoms with Crippen LogP contribution in [-0.4, -0.2) is 53.9 Å². The van der Waals surface area contributed by atoms with Gasteiger partial charge in [0, 0.05) is 0 Å². The normalized spacial score (nSPS) is 29.9. The molecule has 3 heterocycles. The Bertz CT molecular complexity index is 802. The average molecular weight is 412 g/mol. The summed E-state index contributed by atoms with van der Waals surface area (Å²) in [6.45, 7) is 16.9. The fourth-order valence-electron chi connectivity index (χ4n) is 3.37. The first kappa shape index (κ1) is 21.4. The van der Waals surface area contributed by atoms with Crippen LogP contribution in [0.15, 0.2) is 6.20 Å². The van der Waals surface area contributed by atoms with Crippen LogP contribution in [0.5, 0.6) is 0 Å². The summed E-state index contributed by atoms with van der Waals surface area (Å²) >= 11 is 0. The molecule has 158 valence electrons. The van der Waals surface area contributed by atoms with Crippen molar-refractivity contribution in [3.63, 3.8) is 0 Å². The Morgan fingerprint density at radius 2 is 1.89 bits per heavy atom. The second kappa shape index (κ2) is 6.91. The number of fused-ring (bicyclic) bond motifs is 1. The van der Waals surface area contributed by atoms with E-state index in [0.717, 1.165) is 4.73 Å². The first-order valence-electron chi connectivity index (χ1n) is 9.71. The average Bonchev–Trinajstić information content (AvgIpc) is 3.01. The number of ether oxygens (including phenoxy) is 3. The summed E-state index contributed by atoms with van der Waals surface area (Å²) in [5, 5.41) is 18.3. The van der Waals surface area contributed by atoms with Crippen LogP contribution in [0.25, 0.3) is 0 Å². The Labute approximate surface area is 167 Å². The van der Waals surface area contributed by atoms with Crippen molar-refractivity contribution in [3.8, 4) is 0 Å². The minimum absolute atomic E-state index is 0.0889. The topological polar surface area (TPSA) is 98.8 Å². The van der Waals surface area contributed by atoms with Gasteiger partial charge in [-0.25, -0.2) is 4.98 Å². The Balaban J connectivity index is 1.88. The first-order valence-corrected chi connectivity index (χ1v) is 12.6. The highest BCUT2D eigenvalue weighted by molar-refractivity contribution is 6.74. The Morgan fingerprint density at radius 3 is 2.50 bits per heavy atom. The second-order valence-corrected chi connectivity index (χ2v) is 14.5. The van der Waals surface area contributed by atoms with E-state index in [1.54, 1.807) is 6.92 Å². The molecule has 9 heteroatoms. The molecule has 0 spiro atoms. The zero-order chi connectivity index (χ0) is 21.1. The molecule has 2 saturated heterocycles. The lowest BCUT2D eigenvalue weighted by Crippen LogP contribution is -2.44. The number of hydrogen-bond donors (Lipinski definition) is 2. The molecule has 4 atom stereocenters. The standard InChI is InChI=1S/C19H33N3O5Si/c1-11-9-22(23)17(20)13(21-11)15-16-14(26-19(5,6)27-16)12(25-15)10-24-28(7,8)18(2,3)4/h9,12,14-16,20,23H,10H2,1-8H3/t12-,14-,15+,16-/m1/s1. The lowest BCUT2D eigenvalue weighted by molar-refractivity contribution is -0.191. The summed E-state index contributed by atoms with van der Waals surface area (Å²) in [6.07, 6.45) is -0.280. The van der Waals surface area contributed by atoms with Crippen LogP contribution < -0.4 is 5.49 Å². The van der Waals surface area contributed by atoms with Crippen LogP contribution in [0.3, 0.4) is 0 Å². The molecule has 1 aromatic rings. The van der Waals surface area contributed by atoms with Gasteiger partial charge in [0.05, 0.1) is 18.5 Å². The van der Waals surface area contributed by atoms with Gasteiger partial charge in [0.1, 0.15) is 30.1 Å². The van der Waals surface area contributed by atoms with Crippen LogP contribution >= 0.6 is 0 Å². The van der Waals surface area contributed by atoms with Crippen LogP contribution in [-0.2, 0) is 18.6 Å². The molecule has 0 aromatic carbocycles. The molecule has 0 radical (unpaired) electrons. The highest BCUT2D eigenvalue weighted by Gasteiger charge is 2.57. The SMILES string of the molecule is Cc1cn(O)c(=N)c([C@@H]2O[C@H](CO[Si](C)(C)C(C)(C)C)[C@H]3OC(C)(C)O[C@H]32)n1. The maximum absolute atomic E-state index is 9.99. The van der Waals surface area contributed by atoms with Gasteiger partial charge in [-0.05, 0) is 38.9 Å². The number of rotatable bonds is 4. The smallest absolute Gasteiger partial charge is 0.192 e. The van der Waals surface area contributed by atoms with E-state index in [1.807, 2.05) is 13.8 Å². The molecule has 0 aliphatic carbocycles.